The van der Waals surface area contributed by atoms with E-state index in [1.54, 1.807) is 18.2 Å². The van der Waals surface area contributed by atoms with Gasteiger partial charge in [-0.15, -0.1) is 0 Å². The van der Waals surface area contributed by atoms with Crippen LogP contribution in [0.3, 0.4) is 0 Å². The number of carbonyl (C=O) groups is 1. The van der Waals surface area contributed by atoms with Gasteiger partial charge in [0.05, 0.1) is 16.5 Å². The average Bonchev–Trinajstić information content (AvgIpc) is 2.79. The van der Waals surface area contributed by atoms with E-state index in [1.165, 1.54) is 0 Å². The molecule has 1 fully saturated rings. The summed E-state index contributed by atoms with van der Waals surface area (Å²) >= 11 is 12.0. The highest BCUT2D eigenvalue weighted by atomic mass is 35.5. The van der Waals surface area contributed by atoms with Gasteiger partial charge in [-0.1, -0.05) is 29.3 Å². The molecule has 20 heavy (non-hydrogen) atoms. The number of halogens is 2. The molecule has 1 saturated heterocycles. The fraction of sp³-hybridized carbons (Fsp3) is 0.500. The molecular formula is C14H17Cl2NO3. The first-order valence-corrected chi connectivity index (χ1v) is 7.36. The van der Waals surface area contributed by atoms with Crippen molar-refractivity contribution in [1.29, 1.82) is 0 Å². The Kier molecular flexibility index (Phi) is 5.52. The van der Waals surface area contributed by atoms with Crippen LogP contribution in [0.5, 0.6) is 5.75 Å². The molecule has 1 atom stereocenters. The third-order valence-corrected chi connectivity index (χ3v) is 4.05. The summed E-state index contributed by atoms with van der Waals surface area (Å²) in [5, 5.41) is 9.85. The second-order valence-corrected chi connectivity index (χ2v) is 5.64. The second-order valence-electron chi connectivity index (χ2n) is 4.83. The van der Waals surface area contributed by atoms with E-state index >= 15 is 0 Å². The van der Waals surface area contributed by atoms with Gasteiger partial charge in [0.2, 0.25) is 0 Å². The molecule has 1 aliphatic rings. The molecule has 0 amide bonds. The summed E-state index contributed by atoms with van der Waals surface area (Å²) in [7, 11) is 0. The molecule has 110 valence electrons. The zero-order valence-corrected chi connectivity index (χ0v) is 12.5. The zero-order chi connectivity index (χ0) is 14.5. The van der Waals surface area contributed by atoms with Crippen molar-refractivity contribution in [3.8, 4) is 5.75 Å². The first-order valence-electron chi connectivity index (χ1n) is 6.60. The van der Waals surface area contributed by atoms with Crippen molar-refractivity contribution in [1.82, 2.24) is 4.90 Å². The summed E-state index contributed by atoms with van der Waals surface area (Å²) in [6, 6.07) is 5.33. The van der Waals surface area contributed by atoms with Gasteiger partial charge in [0.15, 0.2) is 5.75 Å². The van der Waals surface area contributed by atoms with Gasteiger partial charge in [0.1, 0.15) is 6.61 Å². The fourth-order valence-electron chi connectivity index (χ4n) is 2.51. The van der Waals surface area contributed by atoms with Crippen LogP contribution in [-0.2, 0) is 4.79 Å². The van der Waals surface area contributed by atoms with Crippen LogP contribution in [-0.4, -0.2) is 41.7 Å². The predicted octanol–water partition coefficient (Wildman–Crippen LogP) is 3.31. The molecule has 1 N–H and O–H groups in total. The molecular weight excluding hydrogens is 301 g/mol. The van der Waals surface area contributed by atoms with Crippen LogP contribution in [0.2, 0.25) is 10.0 Å². The van der Waals surface area contributed by atoms with Crippen LogP contribution in [0.15, 0.2) is 18.2 Å². The summed E-state index contributed by atoms with van der Waals surface area (Å²) in [6.07, 6.45) is 2.15. The SMILES string of the molecule is O=C(O)CC1CCCN1CCOc1c(Cl)cccc1Cl. The summed E-state index contributed by atoms with van der Waals surface area (Å²) in [4.78, 5) is 12.9. The summed E-state index contributed by atoms with van der Waals surface area (Å²) in [6.45, 7) is 2.04. The van der Waals surface area contributed by atoms with Gasteiger partial charge in [-0.25, -0.2) is 0 Å². The molecule has 1 heterocycles. The van der Waals surface area contributed by atoms with Crippen LogP contribution in [0.4, 0.5) is 0 Å². The van der Waals surface area contributed by atoms with Crippen LogP contribution in [0.25, 0.3) is 0 Å². The number of carboxylic acids is 1. The van der Waals surface area contributed by atoms with Gasteiger partial charge < -0.3 is 9.84 Å². The molecule has 0 aliphatic carbocycles. The minimum Gasteiger partial charge on any atom is -0.489 e. The van der Waals surface area contributed by atoms with Gasteiger partial charge in [0.25, 0.3) is 0 Å². The molecule has 1 unspecified atom stereocenters. The van der Waals surface area contributed by atoms with Crippen molar-refractivity contribution in [3.63, 3.8) is 0 Å². The molecule has 0 saturated carbocycles. The minimum absolute atomic E-state index is 0.109. The standard InChI is InChI=1S/C14H17Cl2NO3/c15-11-4-1-5-12(16)14(11)20-8-7-17-6-2-3-10(17)9-13(18)19/h1,4-5,10H,2-3,6-9H2,(H,18,19). The van der Waals surface area contributed by atoms with Gasteiger partial charge in [-0.2, -0.15) is 0 Å². The molecule has 0 spiro atoms. The topological polar surface area (TPSA) is 49.8 Å². The molecule has 6 heteroatoms. The Balaban J connectivity index is 1.85. The number of para-hydroxylation sites is 1. The summed E-state index contributed by atoms with van der Waals surface area (Å²) < 4.78 is 5.63. The van der Waals surface area contributed by atoms with E-state index in [4.69, 9.17) is 33.0 Å². The highest BCUT2D eigenvalue weighted by molar-refractivity contribution is 6.37. The Morgan fingerprint density at radius 2 is 2.10 bits per heavy atom. The Hall–Kier alpha value is -0.970. The molecule has 1 aromatic rings. The first-order chi connectivity index (χ1) is 9.58. The van der Waals surface area contributed by atoms with Crippen molar-refractivity contribution < 1.29 is 14.6 Å². The number of hydrogen-bond acceptors (Lipinski definition) is 3. The lowest BCUT2D eigenvalue weighted by Crippen LogP contribution is -2.34. The fourth-order valence-corrected chi connectivity index (χ4v) is 3.01. The highest BCUT2D eigenvalue weighted by Gasteiger charge is 2.26. The summed E-state index contributed by atoms with van der Waals surface area (Å²) in [5.74, 6) is -0.262. The number of rotatable bonds is 6. The van der Waals surface area contributed by atoms with Crippen LogP contribution in [0.1, 0.15) is 19.3 Å². The number of nitrogens with zero attached hydrogens (tertiary/aromatic N) is 1. The number of hydrogen-bond donors (Lipinski definition) is 1. The second kappa shape index (κ2) is 7.16. The predicted molar refractivity (Wildman–Crippen MR) is 78.8 cm³/mol. The maximum atomic E-state index is 10.8. The lowest BCUT2D eigenvalue weighted by molar-refractivity contribution is -0.138. The normalized spacial score (nSPS) is 19.2. The van der Waals surface area contributed by atoms with Crippen molar-refractivity contribution >= 4 is 29.2 Å². The largest absolute Gasteiger partial charge is 0.489 e. The third-order valence-electron chi connectivity index (χ3n) is 3.45. The van der Waals surface area contributed by atoms with E-state index in [0.29, 0.717) is 28.9 Å². The monoisotopic (exact) mass is 317 g/mol. The van der Waals surface area contributed by atoms with Crippen LogP contribution >= 0.6 is 23.2 Å². The number of ether oxygens (including phenoxy) is 1. The van der Waals surface area contributed by atoms with Crippen molar-refractivity contribution in [2.75, 3.05) is 19.7 Å². The minimum atomic E-state index is -0.753. The lowest BCUT2D eigenvalue weighted by atomic mass is 10.1. The molecule has 2 rings (SSSR count). The molecule has 4 nitrogen and oxygen atoms in total. The average molecular weight is 318 g/mol. The highest BCUT2D eigenvalue weighted by Crippen LogP contribution is 2.32. The van der Waals surface area contributed by atoms with Gasteiger partial charge in [0, 0.05) is 12.6 Å². The van der Waals surface area contributed by atoms with Gasteiger partial charge >= 0.3 is 5.97 Å². The smallest absolute Gasteiger partial charge is 0.304 e. The van der Waals surface area contributed by atoms with Gasteiger partial charge in [-0.3, -0.25) is 9.69 Å². The van der Waals surface area contributed by atoms with E-state index in [2.05, 4.69) is 4.90 Å². The van der Waals surface area contributed by atoms with E-state index in [1.807, 2.05) is 0 Å². The maximum Gasteiger partial charge on any atom is 0.304 e. The first kappa shape index (κ1) is 15.4. The van der Waals surface area contributed by atoms with E-state index in [-0.39, 0.29) is 12.5 Å². The number of likely N-dealkylation sites (tertiary alicyclic amines) is 1. The van der Waals surface area contributed by atoms with Crippen LogP contribution in [0, 0.1) is 0 Å². The third kappa shape index (κ3) is 4.01. The molecule has 0 bridgehead atoms. The Labute approximate surface area is 128 Å². The number of aliphatic carboxylic acids is 1. The zero-order valence-electron chi connectivity index (χ0n) is 11.0. The maximum absolute atomic E-state index is 10.8. The Morgan fingerprint density at radius 1 is 1.40 bits per heavy atom. The van der Waals surface area contributed by atoms with E-state index in [9.17, 15) is 4.79 Å². The lowest BCUT2D eigenvalue weighted by Gasteiger charge is -2.23. The van der Waals surface area contributed by atoms with Gasteiger partial charge in [-0.05, 0) is 31.5 Å². The van der Waals surface area contributed by atoms with Crippen molar-refractivity contribution in [3.05, 3.63) is 28.2 Å². The van der Waals surface area contributed by atoms with Crippen LogP contribution < -0.4 is 4.74 Å². The van der Waals surface area contributed by atoms with Crippen molar-refractivity contribution in [2.24, 2.45) is 0 Å². The molecule has 0 radical (unpaired) electrons. The Bertz CT molecular complexity index is 461. The molecule has 1 aliphatic heterocycles. The molecule has 0 aromatic heterocycles. The molecule has 1 aromatic carbocycles. The van der Waals surface area contributed by atoms with Crippen molar-refractivity contribution in [2.45, 2.75) is 25.3 Å². The quantitative estimate of drug-likeness (QED) is 0.874. The number of benzene rings is 1. The Morgan fingerprint density at radius 3 is 2.75 bits per heavy atom. The van der Waals surface area contributed by atoms with E-state index < -0.39 is 5.97 Å². The number of carboxylic acid groups (broad SMARTS) is 1. The van der Waals surface area contributed by atoms with E-state index in [0.717, 1.165) is 19.4 Å². The summed E-state index contributed by atoms with van der Waals surface area (Å²) in [5.41, 5.74) is 0.